The second-order valence-corrected chi connectivity index (χ2v) is 6.02. The lowest BCUT2D eigenvalue weighted by Gasteiger charge is -2.14. The lowest BCUT2D eigenvalue weighted by atomic mass is 10.3. The van der Waals surface area contributed by atoms with Crippen LogP contribution in [0.2, 0.25) is 0 Å². The molecule has 0 aliphatic heterocycles. The zero-order valence-electron chi connectivity index (χ0n) is 12.3. The zero-order valence-corrected chi connectivity index (χ0v) is 13.1. The molecule has 1 aromatic rings. The molecule has 0 saturated heterocycles. The van der Waals surface area contributed by atoms with Crippen LogP contribution in [-0.4, -0.2) is 47.7 Å². The predicted molar refractivity (Wildman–Crippen MR) is 77.7 cm³/mol. The first-order valence-corrected chi connectivity index (χ1v) is 7.82. The van der Waals surface area contributed by atoms with E-state index in [1.165, 1.54) is 45.4 Å². The summed E-state index contributed by atoms with van der Waals surface area (Å²) in [5.41, 5.74) is 0. The Balaban J connectivity index is 2.68. The molecule has 1 rings (SSSR count). The van der Waals surface area contributed by atoms with Crippen molar-refractivity contribution < 1.29 is 22.7 Å². The van der Waals surface area contributed by atoms with Gasteiger partial charge in [0.2, 0.25) is 15.9 Å². The van der Waals surface area contributed by atoms with E-state index in [0.717, 1.165) is 0 Å². The van der Waals surface area contributed by atoms with Gasteiger partial charge in [-0.05, 0) is 31.2 Å². The maximum absolute atomic E-state index is 12.1. The van der Waals surface area contributed by atoms with Crippen molar-refractivity contribution in [3.63, 3.8) is 0 Å². The van der Waals surface area contributed by atoms with Gasteiger partial charge in [0, 0.05) is 13.7 Å². The van der Waals surface area contributed by atoms with Gasteiger partial charge in [-0.3, -0.25) is 4.79 Å². The SMILES string of the molecule is COCCNC(=O)[C@@H](C)NS(=O)(=O)c1ccc(OC)cc1. The van der Waals surface area contributed by atoms with E-state index in [0.29, 0.717) is 18.9 Å². The van der Waals surface area contributed by atoms with Crippen LogP contribution < -0.4 is 14.8 Å². The first kappa shape index (κ1) is 17.4. The smallest absolute Gasteiger partial charge is 0.241 e. The molecular weight excluding hydrogens is 296 g/mol. The number of hydrogen-bond donors (Lipinski definition) is 2. The number of amides is 1. The normalized spacial score (nSPS) is 12.7. The summed E-state index contributed by atoms with van der Waals surface area (Å²) in [6, 6.07) is 5.03. The number of rotatable bonds is 8. The summed E-state index contributed by atoms with van der Waals surface area (Å²) < 4.78 is 36.3. The summed E-state index contributed by atoms with van der Waals surface area (Å²) in [6.45, 7) is 2.16. The van der Waals surface area contributed by atoms with E-state index in [-0.39, 0.29) is 4.90 Å². The zero-order chi connectivity index (χ0) is 15.9. The van der Waals surface area contributed by atoms with E-state index >= 15 is 0 Å². The van der Waals surface area contributed by atoms with E-state index in [4.69, 9.17) is 9.47 Å². The minimum absolute atomic E-state index is 0.0693. The molecule has 0 radical (unpaired) electrons. The molecular formula is C13H20N2O5S. The minimum Gasteiger partial charge on any atom is -0.497 e. The highest BCUT2D eigenvalue weighted by molar-refractivity contribution is 7.89. The standard InChI is InChI=1S/C13H20N2O5S/c1-10(13(16)14-8-9-19-2)15-21(17,18)12-6-4-11(20-3)5-7-12/h4-7,10,15H,8-9H2,1-3H3,(H,14,16)/t10-/m1/s1. The van der Waals surface area contributed by atoms with Gasteiger partial charge in [-0.1, -0.05) is 0 Å². The number of methoxy groups -OCH3 is 2. The average molecular weight is 316 g/mol. The highest BCUT2D eigenvalue weighted by Gasteiger charge is 2.21. The fourth-order valence-electron chi connectivity index (χ4n) is 1.54. The summed E-state index contributed by atoms with van der Waals surface area (Å²) >= 11 is 0. The van der Waals surface area contributed by atoms with Crippen molar-refractivity contribution in [1.29, 1.82) is 0 Å². The Morgan fingerprint density at radius 2 is 1.86 bits per heavy atom. The van der Waals surface area contributed by atoms with Crippen molar-refractivity contribution >= 4 is 15.9 Å². The molecule has 0 unspecified atom stereocenters. The number of hydrogen-bond acceptors (Lipinski definition) is 5. The fourth-order valence-corrected chi connectivity index (χ4v) is 2.74. The lowest BCUT2D eigenvalue weighted by Crippen LogP contribution is -2.45. The van der Waals surface area contributed by atoms with Crippen molar-refractivity contribution in [2.75, 3.05) is 27.4 Å². The molecule has 0 saturated carbocycles. The summed E-state index contributed by atoms with van der Waals surface area (Å²) in [4.78, 5) is 11.8. The lowest BCUT2D eigenvalue weighted by molar-refractivity contribution is -0.122. The van der Waals surface area contributed by atoms with Gasteiger partial charge < -0.3 is 14.8 Å². The summed E-state index contributed by atoms with van der Waals surface area (Å²) in [5.74, 6) is 0.142. The van der Waals surface area contributed by atoms with Crippen molar-refractivity contribution in [3.8, 4) is 5.75 Å². The van der Waals surface area contributed by atoms with E-state index in [9.17, 15) is 13.2 Å². The number of sulfonamides is 1. The third-order valence-electron chi connectivity index (χ3n) is 2.70. The van der Waals surface area contributed by atoms with Crippen LogP contribution in [0.3, 0.4) is 0 Å². The van der Waals surface area contributed by atoms with Crippen molar-refractivity contribution in [2.24, 2.45) is 0 Å². The highest BCUT2D eigenvalue weighted by Crippen LogP contribution is 2.15. The van der Waals surface area contributed by atoms with Gasteiger partial charge in [-0.2, -0.15) is 4.72 Å². The molecule has 118 valence electrons. The van der Waals surface area contributed by atoms with Crippen LogP contribution in [0.25, 0.3) is 0 Å². The van der Waals surface area contributed by atoms with Gasteiger partial charge >= 0.3 is 0 Å². The number of nitrogens with one attached hydrogen (secondary N) is 2. The predicted octanol–water partition coefficient (Wildman–Crippen LogP) is 0.125. The summed E-state index contributed by atoms with van der Waals surface area (Å²) in [5, 5.41) is 2.56. The Morgan fingerprint density at radius 1 is 1.24 bits per heavy atom. The molecule has 2 N–H and O–H groups in total. The first-order valence-electron chi connectivity index (χ1n) is 6.33. The number of carbonyl (C=O) groups excluding carboxylic acids is 1. The maximum atomic E-state index is 12.1. The second kappa shape index (κ2) is 7.96. The van der Waals surface area contributed by atoms with Crippen LogP contribution in [0.1, 0.15) is 6.92 Å². The Labute approximate surface area is 124 Å². The van der Waals surface area contributed by atoms with Crippen LogP contribution in [0.4, 0.5) is 0 Å². The van der Waals surface area contributed by atoms with Crippen LogP contribution in [0.15, 0.2) is 29.2 Å². The number of benzene rings is 1. The maximum Gasteiger partial charge on any atom is 0.241 e. The van der Waals surface area contributed by atoms with E-state index < -0.39 is 22.0 Å². The van der Waals surface area contributed by atoms with Crippen molar-refractivity contribution in [3.05, 3.63) is 24.3 Å². The Bertz CT molecular complexity index is 556. The molecule has 0 heterocycles. The average Bonchev–Trinajstić information content (AvgIpc) is 2.47. The molecule has 1 aromatic carbocycles. The van der Waals surface area contributed by atoms with Crippen LogP contribution in [0.5, 0.6) is 5.75 Å². The Hall–Kier alpha value is -1.64. The monoisotopic (exact) mass is 316 g/mol. The topological polar surface area (TPSA) is 93.7 Å². The molecule has 0 aliphatic carbocycles. The van der Waals surface area contributed by atoms with Gasteiger partial charge in [-0.25, -0.2) is 8.42 Å². The second-order valence-electron chi connectivity index (χ2n) is 4.30. The third-order valence-corrected chi connectivity index (χ3v) is 4.26. The van der Waals surface area contributed by atoms with E-state index in [1.54, 1.807) is 0 Å². The molecule has 0 fully saturated rings. The van der Waals surface area contributed by atoms with Crippen LogP contribution in [0, 0.1) is 0 Å². The molecule has 0 aliphatic rings. The molecule has 8 heteroatoms. The van der Waals surface area contributed by atoms with Gasteiger partial charge in [0.1, 0.15) is 5.75 Å². The molecule has 0 spiro atoms. The van der Waals surface area contributed by atoms with Gasteiger partial charge in [0.15, 0.2) is 0 Å². The molecule has 0 bridgehead atoms. The molecule has 21 heavy (non-hydrogen) atoms. The molecule has 1 atom stereocenters. The molecule has 1 amide bonds. The fraction of sp³-hybridized carbons (Fsp3) is 0.462. The van der Waals surface area contributed by atoms with E-state index in [2.05, 4.69) is 10.0 Å². The highest BCUT2D eigenvalue weighted by atomic mass is 32.2. The van der Waals surface area contributed by atoms with E-state index in [1.807, 2.05) is 0 Å². The largest absolute Gasteiger partial charge is 0.497 e. The van der Waals surface area contributed by atoms with Crippen molar-refractivity contribution in [2.45, 2.75) is 17.9 Å². The minimum atomic E-state index is -3.76. The van der Waals surface area contributed by atoms with Crippen LogP contribution >= 0.6 is 0 Å². The van der Waals surface area contributed by atoms with Gasteiger partial charge in [0.05, 0.1) is 24.7 Å². The summed E-state index contributed by atoms with van der Waals surface area (Å²) in [7, 11) is -0.748. The molecule has 0 aromatic heterocycles. The number of ether oxygens (including phenoxy) is 2. The van der Waals surface area contributed by atoms with Gasteiger partial charge in [0.25, 0.3) is 0 Å². The van der Waals surface area contributed by atoms with Crippen LogP contribution in [-0.2, 0) is 19.6 Å². The first-order chi connectivity index (χ1) is 9.90. The quantitative estimate of drug-likeness (QED) is 0.665. The van der Waals surface area contributed by atoms with Crippen molar-refractivity contribution in [1.82, 2.24) is 10.0 Å². The third kappa shape index (κ3) is 5.33. The molecule has 7 nitrogen and oxygen atoms in total. The summed E-state index contributed by atoms with van der Waals surface area (Å²) in [6.07, 6.45) is 0. The number of carbonyl (C=O) groups is 1. The Morgan fingerprint density at radius 3 is 2.38 bits per heavy atom. The van der Waals surface area contributed by atoms with Gasteiger partial charge in [-0.15, -0.1) is 0 Å². The Kier molecular flexibility index (Phi) is 6.60.